The van der Waals surface area contributed by atoms with Crippen LogP contribution in [0.3, 0.4) is 0 Å². The zero-order chi connectivity index (χ0) is 18.2. The number of furan rings is 1. The first-order chi connectivity index (χ1) is 13.3. The van der Waals surface area contributed by atoms with Gasteiger partial charge in [-0.3, -0.25) is 9.69 Å². The Labute approximate surface area is 160 Å². The third-order valence-electron chi connectivity index (χ3n) is 4.75. The summed E-state index contributed by atoms with van der Waals surface area (Å²) in [6.07, 6.45) is 4.18. The lowest BCUT2D eigenvalue weighted by molar-refractivity contribution is 0.0951. The van der Waals surface area contributed by atoms with E-state index < -0.39 is 0 Å². The maximum Gasteiger partial charge on any atom is 0.232 e. The number of hydrogen-bond donors (Lipinski definition) is 0. The number of hydrogen-bond acceptors (Lipinski definition) is 6. The maximum absolute atomic E-state index is 12.7. The van der Waals surface area contributed by atoms with Gasteiger partial charge in [0.1, 0.15) is 24.0 Å². The second-order valence-corrected chi connectivity index (χ2v) is 7.56. The first kappa shape index (κ1) is 16.4. The molecule has 0 N–H and O–H groups in total. The van der Waals surface area contributed by atoms with Crippen LogP contribution in [0.25, 0.3) is 6.08 Å². The van der Waals surface area contributed by atoms with Crippen molar-refractivity contribution in [3.05, 3.63) is 75.6 Å². The van der Waals surface area contributed by atoms with Gasteiger partial charge in [0, 0.05) is 24.0 Å². The maximum atomic E-state index is 12.7. The fraction of sp³-hybridized carbons (Fsp3) is 0.190. The number of nitrogens with zero attached hydrogens (tertiary/aromatic N) is 1. The van der Waals surface area contributed by atoms with E-state index in [0.717, 1.165) is 24.3 Å². The van der Waals surface area contributed by atoms with E-state index in [1.165, 1.54) is 4.88 Å². The quantitative estimate of drug-likeness (QED) is 0.631. The van der Waals surface area contributed by atoms with E-state index in [2.05, 4.69) is 22.4 Å². The highest BCUT2D eigenvalue weighted by molar-refractivity contribution is 7.09. The van der Waals surface area contributed by atoms with E-state index in [1.54, 1.807) is 41.9 Å². The Morgan fingerprint density at radius 1 is 1.19 bits per heavy atom. The van der Waals surface area contributed by atoms with Gasteiger partial charge >= 0.3 is 0 Å². The Morgan fingerprint density at radius 3 is 2.96 bits per heavy atom. The molecule has 0 atom stereocenters. The topological polar surface area (TPSA) is 51.9 Å². The molecule has 0 amide bonds. The molecule has 0 radical (unpaired) electrons. The molecule has 4 heterocycles. The number of ketones is 1. The smallest absolute Gasteiger partial charge is 0.232 e. The van der Waals surface area contributed by atoms with Crippen molar-refractivity contribution >= 4 is 23.2 Å². The molecule has 0 bridgehead atoms. The van der Waals surface area contributed by atoms with Gasteiger partial charge in [-0.2, -0.15) is 0 Å². The van der Waals surface area contributed by atoms with Gasteiger partial charge in [0.15, 0.2) is 5.76 Å². The molecule has 2 aromatic heterocycles. The van der Waals surface area contributed by atoms with E-state index in [-0.39, 0.29) is 11.5 Å². The van der Waals surface area contributed by atoms with Crippen molar-refractivity contribution < 1.29 is 18.7 Å². The van der Waals surface area contributed by atoms with Crippen molar-refractivity contribution in [1.29, 1.82) is 0 Å². The molecule has 27 heavy (non-hydrogen) atoms. The second-order valence-electron chi connectivity index (χ2n) is 6.53. The van der Waals surface area contributed by atoms with Crippen LogP contribution in [0.5, 0.6) is 11.5 Å². The van der Waals surface area contributed by atoms with Crippen LogP contribution in [-0.4, -0.2) is 24.0 Å². The molecule has 3 aromatic rings. The lowest BCUT2D eigenvalue weighted by Gasteiger charge is -2.29. The Hall–Kier alpha value is -2.83. The summed E-state index contributed by atoms with van der Waals surface area (Å²) in [5, 5.41) is 2.09. The van der Waals surface area contributed by atoms with Gasteiger partial charge in [-0.25, -0.2) is 0 Å². The van der Waals surface area contributed by atoms with Gasteiger partial charge in [0.2, 0.25) is 5.78 Å². The number of carbonyl (C=O) groups excluding carboxylic acids is 1. The van der Waals surface area contributed by atoms with Crippen molar-refractivity contribution in [2.45, 2.75) is 13.0 Å². The van der Waals surface area contributed by atoms with Gasteiger partial charge in [0.05, 0.1) is 17.4 Å². The third-order valence-corrected chi connectivity index (χ3v) is 5.69. The van der Waals surface area contributed by atoms with E-state index in [9.17, 15) is 4.79 Å². The molecule has 0 spiro atoms. The average Bonchev–Trinajstić information content (AvgIpc) is 3.44. The minimum Gasteiger partial charge on any atom is -0.478 e. The molecule has 5 nitrogen and oxygen atoms in total. The predicted octanol–water partition coefficient (Wildman–Crippen LogP) is 4.35. The lowest BCUT2D eigenvalue weighted by atomic mass is 10.0. The Morgan fingerprint density at radius 2 is 2.15 bits per heavy atom. The fourth-order valence-corrected chi connectivity index (χ4v) is 4.07. The van der Waals surface area contributed by atoms with Crippen molar-refractivity contribution in [3.63, 3.8) is 0 Å². The minimum absolute atomic E-state index is 0.125. The zero-order valence-electron chi connectivity index (χ0n) is 14.5. The number of rotatable bonds is 4. The van der Waals surface area contributed by atoms with Gasteiger partial charge in [-0.15, -0.1) is 11.3 Å². The van der Waals surface area contributed by atoms with Crippen LogP contribution in [0, 0.1) is 0 Å². The highest BCUT2D eigenvalue weighted by atomic mass is 32.1. The summed E-state index contributed by atoms with van der Waals surface area (Å²) in [6, 6.07) is 11.4. The molecule has 0 aliphatic carbocycles. The van der Waals surface area contributed by atoms with Gasteiger partial charge in [-0.1, -0.05) is 6.07 Å². The lowest BCUT2D eigenvalue weighted by Crippen LogP contribution is -2.33. The summed E-state index contributed by atoms with van der Waals surface area (Å²) in [5.41, 5.74) is 1.51. The number of Topliss-reactive ketones (excluding diaryl/α,β-unsaturated/α-hetero) is 1. The molecule has 0 fully saturated rings. The number of carbonyl (C=O) groups is 1. The van der Waals surface area contributed by atoms with Gasteiger partial charge in [0.25, 0.3) is 0 Å². The zero-order valence-corrected chi connectivity index (χ0v) is 15.3. The summed E-state index contributed by atoms with van der Waals surface area (Å²) in [5.74, 6) is 2.14. The number of ether oxygens (including phenoxy) is 2. The largest absolute Gasteiger partial charge is 0.478 e. The van der Waals surface area contributed by atoms with Crippen molar-refractivity contribution in [3.8, 4) is 11.5 Å². The van der Waals surface area contributed by atoms with E-state index >= 15 is 0 Å². The van der Waals surface area contributed by atoms with Crippen molar-refractivity contribution in [2.75, 3.05) is 13.3 Å². The summed E-state index contributed by atoms with van der Waals surface area (Å²) in [6.45, 7) is 2.14. The molecular weight excluding hydrogens is 362 g/mol. The fourth-order valence-electron chi connectivity index (χ4n) is 3.37. The van der Waals surface area contributed by atoms with Crippen LogP contribution in [0.4, 0.5) is 0 Å². The van der Waals surface area contributed by atoms with Crippen LogP contribution in [0.2, 0.25) is 0 Å². The Balaban J connectivity index is 1.39. The summed E-state index contributed by atoms with van der Waals surface area (Å²) >= 11 is 1.77. The van der Waals surface area contributed by atoms with Crippen LogP contribution in [-0.2, 0) is 13.0 Å². The van der Waals surface area contributed by atoms with Crippen LogP contribution >= 0.6 is 11.3 Å². The van der Waals surface area contributed by atoms with Crippen LogP contribution < -0.4 is 9.47 Å². The molecule has 2 aliphatic heterocycles. The van der Waals surface area contributed by atoms with Gasteiger partial charge in [-0.05, 0) is 42.1 Å². The summed E-state index contributed by atoms with van der Waals surface area (Å²) < 4.78 is 17.1. The molecule has 136 valence electrons. The Kier molecular flexibility index (Phi) is 4.07. The summed E-state index contributed by atoms with van der Waals surface area (Å²) in [7, 11) is 0. The van der Waals surface area contributed by atoms with Gasteiger partial charge < -0.3 is 13.9 Å². The number of fused-ring (bicyclic) bond motifs is 3. The Bertz CT molecular complexity index is 1010. The SMILES string of the molecule is O=C1/C(=C/c2ccco2)Oc2c1ccc1c2CN(CCc2cccs2)CO1. The predicted molar refractivity (Wildman–Crippen MR) is 102 cm³/mol. The first-order valence-corrected chi connectivity index (χ1v) is 9.67. The van der Waals surface area contributed by atoms with E-state index in [4.69, 9.17) is 13.9 Å². The van der Waals surface area contributed by atoms with Crippen molar-refractivity contribution in [1.82, 2.24) is 4.90 Å². The molecule has 0 saturated carbocycles. The summed E-state index contributed by atoms with van der Waals surface area (Å²) in [4.78, 5) is 16.3. The molecule has 5 rings (SSSR count). The van der Waals surface area contributed by atoms with Crippen molar-refractivity contribution in [2.24, 2.45) is 0 Å². The standard InChI is InChI=1S/C21H17NO4S/c23-20-16-5-6-18-17(21(16)26-19(20)11-14-3-1-9-24-14)12-22(13-25-18)8-7-15-4-2-10-27-15/h1-6,9-11H,7-8,12-13H2/b19-11-. The highest BCUT2D eigenvalue weighted by Crippen LogP contribution is 2.42. The second kappa shape index (κ2) is 6.72. The number of thiophene rings is 1. The average molecular weight is 379 g/mol. The monoisotopic (exact) mass is 379 g/mol. The van der Waals surface area contributed by atoms with Crippen LogP contribution in [0.15, 0.2) is 58.2 Å². The van der Waals surface area contributed by atoms with Crippen LogP contribution in [0.1, 0.15) is 26.6 Å². The first-order valence-electron chi connectivity index (χ1n) is 8.79. The molecule has 0 unspecified atom stereocenters. The molecule has 1 aromatic carbocycles. The molecular formula is C21H17NO4S. The van der Waals surface area contributed by atoms with E-state index in [1.807, 2.05) is 6.07 Å². The number of benzene rings is 1. The van der Waals surface area contributed by atoms with E-state index in [0.29, 0.717) is 30.3 Å². The third kappa shape index (κ3) is 3.07. The highest BCUT2D eigenvalue weighted by Gasteiger charge is 2.33. The molecule has 2 aliphatic rings. The normalized spacial score (nSPS) is 17.5. The molecule has 6 heteroatoms. The minimum atomic E-state index is -0.125. The number of allylic oxidation sites excluding steroid dienone is 1. The molecule has 0 saturated heterocycles.